The van der Waals surface area contributed by atoms with Crippen LogP contribution in [0.2, 0.25) is 0 Å². The van der Waals surface area contributed by atoms with E-state index in [1.165, 1.54) is 5.56 Å². The molecule has 26 heavy (non-hydrogen) atoms. The first kappa shape index (κ1) is 16.6. The number of oxazole rings is 1. The summed E-state index contributed by atoms with van der Waals surface area (Å²) >= 11 is 0. The van der Waals surface area contributed by atoms with Gasteiger partial charge in [0.25, 0.3) is 0 Å². The first-order chi connectivity index (χ1) is 12.7. The zero-order valence-corrected chi connectivity index (χ0v) is 14.6. The molecule has 1 saturated heterocycles. The average molecular weight is 351 g/mol. The van der Waals surface area contributed by atoms with E-state index in [-0.39, 0.29) is 6.03 Å². The molecule has 0 saturated carbocycles. The van der Waals surface area contributed by atoms with Crippen LogP contribution in [0.15, 0.2) is 46.9 Å². The van der Waals surface area contributed by atoms with Crippen molar-refractivity contribution in [1.82, 2.24) is 4.98 Å². The molecule has 1 unspecified atom stereocenters. The molecule has 2 aromatic carbocycles. The number of nitrogens with one attached hydrogen (secondary N) is 2. The van der Waals surface area contributed by atoms with Crippen molar-refractivity contribution in [2.75, 3.05) is 23.8 Å². The molecule has 1 aliphatic rings. The second-order valence-corrected chi connectivity index (χ2v) is 6.41. The van der Waals surface area contributed by atoms with E-state index in [9.17, 15) is 4.79 Å². The molecule has 1 aliphatic heterocycles. The number of carbonyl (C=O) groups excluding carboxylic acids is 1. The van der Waals surface area contributed by atoms with Crippen molar-refractivity contribution in [2.24, 2.45) is 0 Å². The lowest BCUT2D eigenvalue weighted by molar-refractivity contribution is 0.194. The summed E-state index contributed by atoms with van der Waals surface area (Å²) in [5.41, 5.74) is 4.13. The predicted molar refractivity (Wildman–Crippen MR) is 101 cm³/mol. The van der Waals surface area contributed by atoms with Gasteiger partial charge >= 0.3 is 6.03 Å². The molecule has 6 nitrogen and oxygen atoms in total. The van der Waals surface area contributed by atoms with Crippen molar-refractivity contribution >= 4 is 28.5 Å². The lowest BCUT2D eigenvalue weighted by atomic mass is 9.98. The number of urea groups is 1. The van der Waals surface area contributed by atoms with Crippen LogP contribution in [0.3, 0.4) is 0 Å². The number of aryl methyl sites for hydroxylation is 1. The first-order valence-electron chi connectivity index (χ1n) is 8.86. The van der Waals surface area contributed by atoms with E-state index < -0.39 is 0 Å². The van der Waals surface area contributed by atoms with Crippen molar-refractivity contribution in [2.45, 2.75) is 25.7 Å². The maximum Gasteiger partial charge on any atom is 0.323 e. The fourth-order valence-corrected chi connectivity index (χ4v) is 3.13. The van der Waals surface area contributed by atoms with Crippen molar-refractivity contribution in [1.29, 1.82) is 0 Å². The van der Waals surface area contributed by atoms with Crippen molar-refractivity contribution in [3.05, 3.63) is 53.9 Å². The third-order valence-corrected chi connectivity index (χ3v) is 4.56. The number of anilines is 2. The summed E-state index contributed by atoms with van der Waals surface area (Å²) < 4.78 is 11.0. The van der Waals surface area contributed by atoms with Crippen LogP contribution >= 0.6 is 0 Å². The van der Waals surface area contributed by atoms with Crippen LogP contribution in [-0.4, -0.2) is 24.2 Å². The minimum absolute atomic E-state index is 0.291. The van der Waals surface area contributed by atoms with Gasteiger partial charge in [-0.15, -0.1) is 0 Å². The smallest absolute Gasteiger partial charge is 0.323 e. The van der Waals surface area contributed by atoms with Gasteiger partial charge in [0.05, 0.1) is 6.61 Å². The molecule has 4 rings (SSSR count). The number of amides is 2. The molecule has 3 aromatic rings. The van der Waals surface area contributed by atoms with Crippen LogP contribution in [0, 0.1) is 0 Å². The minimum Gasteiger partial charge on any atom is -0.441 e. The Kier molecular flexibility index (Phi) is 4.58. The van der Waals surface area contributed by atoms with E-state index in [0.29, 0.717) is 17.5 Å². The molecular formula is C20H21N3O3. The van der Waals surface area contributed by atoms with Gasteiger partial charge in [-0.05, 0) is 42.3 Å². The molecule has 134 valence electrons. The number of rotatable bonds is 4. The Morgan fingerprint density at radius 2 is 1.92 bits per heavy atom. The summed E-state index contributed by atoms with van der Waals surface area (Å²) in [7, 11) is 0. The van der Waals surface area contributed by atoms with Gasteiger partial charge in [0.2, 0.25) is 0 Å². The van der Waals surface area contributed by atoms with E-state index in [4.69, 9.17) is 9.15 Å². The van der Waals surface area contributed by atoms with Crippen LogP contribution in [0.25, 0.3) is 11.1 Å². The van der Waals surface area contributed by atoms with Crippen molar-refractivity contribution < 1.29 is 13.9 Å². The van der Waals surface area contributed by atoms with Crippen LogP contribution < -0.4 is 10.6 Å². The normalized spacial score (nSPS) is 16.7. The molecular weight excluding hydrogens is 330 g/mol. The minimum atomic E-state index is -0.291. The molecule has 1 atom stereocenters. The van der Waals surface area contributed by atoms with Gasteiger partial charge in [-0.1, -0.05) is 19.1 Å². The van der Waals surface area contributed by atoms with E-state index in [1.807, 2.05) is 37.3 Å². The summed E-state index contributed by atoms with van der Waals surface area (Å²) in [6.45, 7) is 3.59. The van der Waals surface area contributed by atoms with Gasteiger partial charge in [0.15, 0.2) is 11.5 Å². The molecule has 1 aromatic heterocycles. The van der Waals surface area contributed by atoms with Crippen molar-refractivity contribution in [3.63, 3.8) is 0 Å². The Bertz CT molecular complexity index is 912. The summed E-state index contributed by atoms with van der Waals surface area (Å²) in [4.78, 5) is 16.6. The number of ether oxygens (including phenoxy) is 1. The Labute approximate surface area is 151 Å². The quantitative estimate of drug-likeness (QED) is 0.723. The maximum absolute atomic E-state index is 12.2. The first-order valence-corrected chi connectivity index (χ1v) is 8.86. The number of hydrogen-bond acceptors (Lipinski definition) is 4. The highest BCUT2D eigenvalue weighted by molar-refractivity contribution is 6.00. The highest BCUT2D eigenvalue weighted by Crippen LogP contribution is 2.26. The fourth-order valence-electron chi connectivity index (χ4n) is 3.13. The molecule has 2 amide bonds. The number of benzene rings is 2. The molecule has 0 radical (unpaired) electrons. The van der Waals surface area contributed by atoms with Crippen LogP contribution in [-0.2, 0) is 11.2 Å². The number of hydrogen-bond donors (Lipinski definition) is 2. The zero-order valence-electron chi connectivity index (χ0n) is 14.6. The SMILES string of the molecule is CCc1nc2cc(NC(=O)Nc3ccc(C4CCOC4)cc3)ccc2o1. The molecule has 0 aliphatic carbocycles. The summed E-state index contributed by atoms with van der Waals surface area (Å²) in [5.74, 6) is 1.15. The van der Waals surface area contributed by atoms with E-state index in [1.54, 1.807) is 12.1 Å². The number of aromatic nitrogens is 1. The monoisotopic (exact) mass is 351 g/mol. The lowest BCUT2D eigenvalue weighted by Gasteiger charge is -2.10. The highest BCUT2D eigenvalue weighted by atomic mass is 16.5. The molecule has 2 N–H and O–H groups in total. The fraction of sp³-hybridized carbons (Fsp3) is 0.300. The van der Waals surface area contributed by atoms with E-state index >= 15 is 0 Å². The lowest BCUT2D eigenvalue weighted by Crippen LogP contribution is -2.19. The van der Waals surface area contributed by atoms with E-state index in [2.05, 4.69) is 15.6 Å². The molecule has 2 heterocycles. The van der Waals surface area contributed by atoms with Gasteiger partial charge in [-0.2, -0.15) is 0 Å². The summed E-state index contributed by atoms with van der Waals surface area (Å²) in [5, 5.41) is 5.68. The second kappa shape index (κ2) is 7.17. The molecule has 1 fully saturated rings. The largest absolute Gasteiger partial charge is 0.441 e. The topological polar surface area (TPSA) is 76.4 Å². The van der Waals surface area contributed by atoms with Crippen molar-refractivity contribution in [3.8, 4) is 0 Å². The predicted octanol–water partition coefficient (Wildman–Crippen LogP) is 4.54. The number of nitrogens with zero attached hydrogens (tertiary/aromatic N) is 1. The highest BCUT2D eigenvalue weighted by Gasteiger charge is 2.17. The van der Waals surface area contributed by atoms with Crippen LogP contribution in [0.5, 0.6) is 0 Å². The van der Waals surface area contributed by atoms with Crippen LogP contribution in [0.4, 0.5) is 16.2 Å². The maximum atomic E-state index is 12.2. The Morgan fingerprint density at radius 3 is 2.65 bits per heavy atom. The zero-order chi connectivity index (χ0) is 17.9. The third-order valence-electron chi connectivity index (χ3n) is 4.56. The van der Waals surface area contributed by atoms with Gasteiger partial charge < -0.3 is 19.8 Å². The van der Waals surface area contributed by atoms with E-state index in [0.717, 1.165) is 42.8 Å². The summed E-state index contributed by atoms with van der Waals surface area (Å²) in [6.07, 6.45) is 1.79. The average Bonchev–Trinajstić information content (AvgIpc) is 3.31. The standard InChI is InChI=1S/C20H21N3O3/c1-2-19-23-17-11-16(7-8-18(17)26-19)22-20(24)21-15-5-3-13(4-6-15)14-9-10-25-12-14/h3-8,11,14H,2,9-10,12H2,1H3,(H2,21,22,24). The Morgan fingerprint density at radius 1 is 1.15 bits per heavy atom. The molecule has 0 spiro atoms. The van der Waals surface area contributed by atoms with Gasteiger partial charge in [0.1, 0.15) is 5.52 Å². The van der Waals surface area contributed by atoms with Crippen LogP contribution in [0.1, 0.15) is 30.7 Å². The number of carbonyl (C=O) groups is 1. The Balaban J connectivity index is 1.40. The van der Waals surface area contributed by atoms with Gasteiger partial charge in [-0.3, -0.25) is 0 Å². The Hall–Kier alpha value is -2.86. The molecule has 6 heteroatoms. The third kappa shape index (κ3) is 3.55. The number of fused-ring (bicyclic) bond motifs is 1. The van der Waals surface area contributed by atoms with Gasteiger partial charge in [-0.25, -0.2) is 9.78 Å². The second-order valence-electron chi connectivity index (χ2n) is 6.41. The molecule has 0 bridgehead atoms. The summed E-state index contributed by atoms with van der Waals surface area (Å²) in [6, 6.07) is 13.1. The van der Waals surface area contributed by atoms with Gasteiger partial charge in [0, 0.05) is 30.3 Å².